The first-order chi connectivity index (χ1) is 9.58. The van der Waals surface area contributed by atoms with Crippen molar-refractivity contribution in [3.05, 3.63) is 29.8 Å². The van der Waals surface area contributed by atoms with E-state index in [9.17, 15) is 4.79 Å². The molecule has 3 atom stereocenters. The summed E-state index contributed by atoms with van der Waals surface area (Å²) in [7, 11) is 0. The molecule has 1 aromatic carbocycles. The number of nitrogens with zero attached hydrogens (tertiary/aromatic N) is 1. The van der Waals surface area contributed by atoms with Crippen LogP contribution in [0.25, 0.3) is 0 Å². The fraction of sp³-hybridized carbons (Fsp3) is 0.588. The molecule has 0 spiro atoms. The third kappa shape index (κ3) is 2.19. The minimum atomic E-state index is 0.235. The number of rotatable bonds is 3. The highest BCUT2D eigenvalue weighted by Crippen LogP contribution is 2.39. The summed E-state index contributed by atoms with van der Waals surface area (Å²) in [6.45, 7) is 6.15. The van der Waals surface area contributed by atoms with Gasteiger partial charge in [-0.15, -0.1) is 0 Å². The van der Waals surface area contributed by atoms with Gasteiger partial charge in [0.05, 0.1) is 6.04 Å². The Bertz CT molecular complexity index is 511. The van der Waals surface area contributed by atoms with Crippen LogP contribution in [-0.2, 0) is 4.79 Å². The zero-order valence-corrected chi connectivity index (χ0v) is 12.6. The summed E-state index contributed by atoms with van der Waals surface area (Å²) in [5.41, 5.74) is 2.60. The third-order valence-electron chi connectivity index (χ3n) is 4.82. The fourth-order valence-corrected chi connectivity index (χ4v) is 3.97. The number of anilines is 1. The average molecular weight is 272 g/mol. The molecule has 0 radical (unpaired) electrons. The van der Waals surface area contributed by atoms with E-state index in [1.807, 2.05) is 0 Å². The second-order valence-corrected chi connectivity index (χ2v) is 6.45. The van der Waals surface area contributed by atoms with Gasteiger partial charge in [-0.3, -0.25) is 4.79 Å². The standard InChI is InChI=1S/C17H24N2O/c1-11(2)14-6-4-5-7-15(14)18-16-10-13-8-9-17(16)19(13)12(3)20/h4-7,11,13,16-18H,8-10H2,1-3H3/t13-,16+,17+/m0/s1. The van der Waals surface area contributed by atoms with Gasteiger partial charge in [0.2, 0.25) is 5.91 Å². The van der Waals surface area contributed by atoms with Crippen LogP contribution >= 0.6 is 0 Å². The lowest BCUT2D eigenvalue weighted by Crippen LogP contribution is -2.38. The van der Waals surface area contributed by atoms with Crippen LogP contribution in [0.4, 0.5) is 5.69 Å². The summed E-state index contributed by atoms with van der Waals surface area (Å²) >= 11 is 0. The molecule has 0 unspecified atom stereocenters. The van der Waals surface area contributed by atoms with Gasteiger partial charge in [0, 0.05) is 24.7 Å². The molecule has 3 nitrogen and oxygen atoms in total. The zero-order chi connectivity index (χ0) is 14.3. The highest BCUT2D eigenvalue weighted by atomic mass is 16.2. The van der Waals surface area contributed by atoms with Crippen LogP contribution in [0.2, 0.25) is 0 Å². The lowest BCUT2D eigenvalue weighted by atomic mass is 9.94. The van der Waals surface area contributed by atoms with Crippen molar-refractivity contribution in [2.45, 2.75) is 64.1 Å². The van der Waals surface area contributed by atoms with Gasteiger partial charge in [-0.1, -0.05) is 32.0 Å². The van der Waals surface area contributed by atoms with E-state index < -0.39 is 0 Å². The fourth-order valence-electron chi connectivity index (χ4n) is 3.97. The maximum Gasteiger partial charge on any atom is 0.220 e. The predicted molar refractivity (Wildman–Crippen MR) is 81.9 cm³/mol. The smallest absolute Gasteiger partial charge is 0.220 e. The summed E-state index contributed by atoms with van der Waals surface area (Å²) in [5, 5.41) is 3.71. The monoisotopic (exact) mass is 272 g/mol. The van der Waals surface area contributed by atoms with Gasteiger partial charge < -0.3 is 10.2 Å². The maximum absolute atomic E-state index is 11.8. The van der Waals surface area contributed by atoms with E-state index in [-0.39, 0.29) is 5.91 Å². The van der Waals surface area contributed by atoms with Crippen molar-refractivity contribution < 1.29 is 4.79 Å². The van der Waals surface area contributed by atoms with Gasteiger partial charge in [0.1, 0.15) is 0 Å². The first-order valence-corrected chi connectivity index (χ1v) is 7.72. The average Bonchev–Trinajstić information content (AvgIpc) is 2.96. The highest BCUT2D eigenvalue weighted by Gasteiger charge is 2.47. The molecule has 1 amide bonds. The number of benzene rings is 1. The molecule has 2 aliphatic heterocycles. The van der Waals surface area contributed by atoms with Gasteiger partial charge in [0.25, 0.3) is 0 Å². The predicted octanol–water partition coefficient (Wildman–Crippen LogP) is 3.37. The Morgan fingerprint density at radius 1 is 1.30 bits per heavy atom. The second kappa shape index (κ2) is 5.12. The Balaban J connectivity index is 1.79. The van der Waals surface area contributed by atoms with Crippen molar-refractivity contribution in [2.75, 3.05) is 5.32 Å². The van der Waals surface area contributed by atoms with Gasteiger partial charge in [-0.25, -0.2) is 0 Å². The number of hydrogen-bond acceptors (Lipinski definition) is 2. The van der Waals surface area contributed by atoms with E-state index in [4.69, 9.17) is 0 Å². The number of nitrogens with one attached hydrogen (secondary N) is 1. The molecule has 3 rings (SSSR count). The van der Waals surface area contributed by atoms with Crippen molar-refractivity contribution in [1.82, 2.24) is 4.90 Å². The van der Waals surface area contributed by atoms with Crippen LogP contribution in [0.3, 0.4) is 0 Å². The van der Waals surface area contributed by atoms with Crippen LogP contribution < -0.4 is 5.32 Å². The largest absolute Gasteiger partial charge is 0.380 e. The molecule has 20 heavy (non-hydrogen) atoms. The molecule has 0 aliphatic carbocycles. The Labute approximate surface area is 121 Å². The van der Waals surface area contributed by atoms with Gasteiger partial charge in [0.15, 0.2) is 0 Å². The topological polar surface area (TPSA) is 32.3 Å². The van der Waals surface area contributed by atoms with E-state index >= 15 is 0 Å². The molecule has 2 fully saturated rings. The Kier molecular flexibility index (Phi) is 3.45. The number of amides is 1. The molecule has 2 saturated heterocycles. The first kappa shape index (κ1) is 13.5. The van der Waals surface area contributed by atoms with Crippen LogP contribution in [0, 0.1) is 0 Å². The summed E-state index contributed by atoms with van der Waals surface area (Å²) in [5.74, 6) is 0.750. The van der Waals surface area contributed by atoms with Crippen molar-refractivity contribution in [3.63, 3.8) is 0 Å². The molecule has 0 saturated carbocycles. The molecular formula is C17H24N2O. The maximum atomic E-state index is 11.8. The number of carbonyl (C=O) groups excluding carboxylic acids is 1. The minimum absolute atomic E-state index is 0.235. The lowest BCUT2D eigenvalue weighted by molar-refractivity contribution is -0.130. The molecule has 3 heteroatoms. The number of carbonyl (C=O) groups is 1. The van der Waals surface area contributed by atoms with Crippen LogP contribution in [-0.4, -0.2) is 28.9 Å². The van der Waals surface area contributed by atoms with E-state index in [1.54, 1.807) is 6.92 Å². The van der Waals surface area contributed by atoms with Crippen LogP contribution in [0.1, 0.15) is 51.5 Å². The molecule has 2 aliphatic rings. The van der Waals surface area contributed by atoms with Gasteiger partial charge in [-0.05, 0) is 36.8 Å². The third-order valence-corrected chi connectivity index (χ3v) is 4.82. The summed E-state index contributed by atoms with van der Waals surface area (Å²) in [6, 6.07) is 9.81. The van der Waals surface area contributed by atoms with E-state index in [0.717, 1.165) is 12.8 Å². The quantitative estimate of drug-likeness (QED) is 0.915. The van der Waals surface area contributed by atoms with Gasteiger partial charge in [-0.2, -0.15) is 0 Å². The number of fused-ring (bicyclic) bond motifs is 2. The Morgan fingerprint density at radius 2 is 2.05 bits per heavy atom. The van der Waals surface area contributed by atoms with E-state index in [1.165, 1.54) is 17.7 Å². The Morgan fingerprint density at radius 3 is 2.70 bits per heavy atom. The van der Waals surface area contributed by atoms with E-state index in [2.05, 4.69) is 48.3 Å². The molecule has 2 bridgehead atoms. The number of para-hydroxylation sites is 1. The van der Waals surface area contributed by atoms with Crippen molar-refractivity contribution in [1.29, 1.82) is 0 Å². The molecule has 0 aromatic heterocycles. The van der Waals surface area contributed by atoms with Crippen LogP contribution in [0.5, 0.6) is 0 Å². The van der Waals surface area contributed by atoms with Crippen LogP contribution in [0.15, 0.2) is 24.3 Å². The number of hydrogen-bond donors (Lipinski definition) is 1. The first-order valence-electron chi connectivity index (χ1n) is 7.72. The summed E-state index contributed by atoms with van der Waals surface area (Å²) in [6.07, 6.45) is 3.41. The molecule has 1 aromatic rings. The normalized spacial score (nSPS) is 28.2. The molecular weight excluding hydrogens is 248 g/mol. The molecule has 108 valence electrons. The SMILES string of the molecule is CC(=O)N1[C@H]2CC[C@@H]1[C@H](Nc1ccccc1C(C)C)C2. The second-order valence-electron chi connectivity index (χ2n) is 6.45. The molecule has 2 heterocycles. The molecule has 1 N–H and O–H groups in total. The minimum Gasteiger partial charge on any atom is -0.380 e. The summed E-state index contributed by atoms with van der Waals surface area (Å²) in [4.78, 5) is 13.9. The van der Waals surface area contributed by atoms with Crippen molar-refractivity contribution >= 4 is 11.6 Å². The van der Waals surface area contributed by atoms with Gasteiger partial charge >= 0.3 is 0 Å². The highest BCUT2D eigenvalue weighted by molar-refractivity contribution is 5.75. The summed E-state index contributed by atoms with van der Waals surface area (Å²) < 4.78 is 0. The lowest BCUT2D eigenvalue weighted by Gasteiger charge is -2.26. The zero-order valence-electron chi connectivity index (χ0n) is 12.6. The Hall–Kier alpha value is -1.51. The van der Waals surface area contributed by atoms with E-state index in [0.29, 0.717) is 24.0 Å². The van der Waals surface area contributed by atoms with Crippen molar-refractivity contribution in [2.24, 2.45) is 0 Å². The van der Waals surface area contributed by atoms with Crippen molar-refractivity contribution in [3.8, 4) is 0 Å².